The van der Waals surface area contributed by atoms with Crippen molar-refractivity contribution in [1.82, 2.24) is 4.98 Å². The lowest BCUT2D eigenvalue weighted by Gasteiger charge is -2.22. The molecule has 0 spiro atoms. The fourth-order valence-electron chi connectivity index (χ4n) is 2.70. The van der Waals surface area contributed by atoms with Crippen molar-refractivity contribution in [3.8, 4) is 6.07 Å². The number of nitro benzene ring substituents is 1. The molecule has 3 aromatic rings. The topological polar surface area (TPSA) is 128 Å². The Kier molecular flexibility index (Phi) is 7.12. The molecule has 30 heavy (non-hydrogen) atoms. The van der Waals surface area contributed by atoms with Gasteiger partial charge in [-0.2, -0.15) is 5.26 Å². The molecule has 1 aromatic heterocycles. The molecule has 0 atom stereocenters. The molecule has 3 rings (SSSR count). The molecule has 0 aliphatic rings. The van der Waals surface area contributed by atoms with Gasteiger partial charge in [0, 0.05) is 18.8 Å². The summed E-state index contributed by atoms with van der Waals surface area (Å²) in [6.07, 6.45) is 0.346. The molecule has 0 unspecified atom stereocenters. The molecular formula is C18H14Cl2N6O3S. The minimum atomic E-state index is -0.625. The van der Waals surface area contributed by atoms with Crippen molar-refractivity contribution in [3.63, 3.8) is 0 Å². The normalized spacial score (nSPS) is 11.1. The van der Waals surface area contributed by atoms with E-state index in [-0.39, 0.29) is 33.0 Å². The summed E-state index contributed by atoms with van der Waals surface area (Å²) in [6, 6.07) is 10.7. The molecule has 0 saturated carbocycles. The number of benzene rings is 2. The zero-order valence-electron chi connectivity index (χ0n) is 15.3. The van der Waals surface area contributed by atoms with Gasteiger partial charge in [-0.05, 0) is 30.3 Å². The van der Waals surface area contributed by atoms with Crippen LogP contribution < -0.4 is 4.90 Å². The van der Waals surface area contributed by atoms with E-state index in [1.54, 1.807) is 12.1 Å². The monoisotopic (exact) mass is 464 g/mol. The molecule has 0 aliphatic heterocycles. The quantitative estimate of drug-likeness (QED) is 0.261. The standard InChI is InChI=1S/C18H14Cl2N6O3S/c19-13-10-14-16(17(15(13)20)26(28)29)22-18(30-14)24-23-11-2-4-12(5-3-11)25(8-9-27)7-1-6-21/h2-5,10,27H,1,7-9H2. The summed E-state index contributed by atoms with van der Waals surface area (Å²) in [5.74, 6) is 0. The van der Waals surface area contributed by atoms with Crippen LogP contribution in [0.5, 0.6) is 0 Å². The van der Waals surface area contributed by atoms with Crippen LogP contribution in [0.25, 0.3) is 10.2 Å². The second-order valence-electron chi connectivity index (χ2n) is 5.96. The molecule has 12 heteroatoms. The van der Waals surface area contributed by atoms with Gasteiger partial charge in [-0.3, -0.25) is 10.1 Å². The van der Waals surface area contributed by atoms with Crippen LogP contribution in [0.15, 0.2) is 40.6 Å². The summed E-state index contributed by atoms with van der Waals surface area (Å²) in [7, 11) is 0. The van der Waals surface area contributed by atoms with E-state index in [9.17, 15) is 15.2 Å². The predicted molar refractivity (Wildman–Crippen MR) is 116 cm³/mol. The number of azo groups is 1. The number of aromatic nitrogens is 1. The molecule has 0 radical (unpaired) electrons. The number of thiazole rings is 1. The number of rotatable bonds is 8. The molecule has 2 aromatic carbocycles. The summed E-state index contributed by atoms with van der Waals surface area (Å²) in [6.45, 7) is 0.899. The highest BCUT2D eigenvalue weighted by molar-refractivity contribution is 7.22. The molecule has 1 N–H and O–H groups in total. The first kappa shape index (κ1) is 21.9. The van der Waals surface area contributed by atoms with E-state index in [4.69, 9.17) is 28.5 Å². The number of nitrogens with zero attached hydrogens (tertiary/aromatic N) is 6. The van der Waals surface area contributed by atoms with Crippen LogP contribution in [0.3, 0.4) is 0 Å². The first-order chi connectivity index (χ1) is 14.4. The van der Waals surface area contributed by atoms with Gasteiger partial charge in [-0.1, -0.05) is 34.5 Å². The van der Waals surface area contributed by atoms with E-state index in [2.05, 4.69) is 21.3 Å². The van der Waals surface area contributed by atoms with Crippen LogP contribution in [0.1, 0.15) is 6.42 Å². The van der Waals surface area contributed by atoms with E-state index < -0.39 is 4.92 Å². The van der Waals surface area contributed by atoms with Gasteiger partial charge in [0.2, 0.25) is 5.13 Å². The van der Waals surface area contributed by atoms with Crippen molar-refractivity contribution in [2.24, 2.45) is 10.2 Å². The number of nitriles is 1. The summed E-state index contributed by atoms with van der Waals surface area (Å²) in [4.78, 5) is 16.7. The number of fused-ring (bicyclic) bond motifs is 1. The van der Waals surface area contributed by atoms with E-state index in [0.717, 1.165) is 17.0 Å². The molecule has 0 aliphatic carbocycles. The van der Waals surface area contributed by atoms with Gasteiger partial charge >= 0.3 is 5.69 Å². The Hall–Kier alpha value is -2.84. The van der Waals surface area contributed by atoms with Crippen molar-refractivity contribution in [3.05, 3.63) is 50.5 Å². The molecule has 0 amide bonds. The zero-order valence-corrected chi connectivity index (χ0v) is 17.7. The molecule has 9 nitrogen and oxygen atoms in total. The minimum absolute atomic E-state index is 0.0232. The van der Waals surface area contributed by atoms with Crippen LogP contribution >= 0.6 is 34.5 Å². The van der Waals surface area contributed by atoms with Crippen molar-refractivity contribution < 1.29 is 10.0 Å². The fourth-order valence-corrected chi connectivity index (χ4v) is 4.01. The molecular weight excluding hydrogens is 451 g/mol. The van der Waals surface area contributed by atoms with Crippen molar-refractivity contribution >= 4 is 66.9 Å². The first-order valence-electron chi connectivity index (χ1n) is 8.62. The van der Waals surface area contributed by atoms with E-state index in [0.29, 0.717) is 29.9 Å². The Morgan fingerprint density at radius 1 is 1.27 bits per heavy atom. The highest BCUT2D eigenvalue weighted by atomic mass is 35.5. The zero-order chi connectivity index (χ0) is 21.7. The van der Waals surface area contributed by atoms with Crippen LogP contribution in [0.4, 0.5) is 22.2 Å². The van der Waals surface area contributed by atoms with E-state index >= 15 is 0 Å². The summed E-state index contributed by atoms with van der Waals surface area (Å²) < 4.78 is 0.484. The van der Waals surface area contributed by atoms with Gasteiger partial charge in [0.1, 0.15) is 5.02 Å². The maximum absolute atomic E-state index is 11.3. The maximum atomic E-state index is 11.3. The summed E-state index contributed by atoms with van der Waals surface area (Å²) in [5.41, 5.74) is 1.15. The second-order valence-corrected chi connectivity index (χ2v) is 7.75. The van der Waals surface area contributed by atoms with E-state index in [1.165, 1.54) is 6.07 Å². The summed E-state index contributed by atoms with van der Waals surface area (Å²) >= 11 is 13.0. The van der Waals surface area contributed by atoms with Crippen LogP contribution in [-0.4, -0.2) is 34.7 Å². The Morgan fingerprint density at radius 3 is 2.63 bits per heavy atom. The molecule has 0 saturated heterocycles. The maximum Gasteiger partial charge on any atom is 0.316 e. The fraction of sp³-hybridized carbons (Fsp3) is 0.222. The molecule has 0 bridgehead atoms. The van der Waals surface area contributed by atoms with Crippen LogP contribution in [-0.2, 0) is 0 Å². The number of aliphatic hydroxyl groups is 1. The lowest BCUT2D eigenvalue weighted by Crippen LogP contribution is -2.27. The second kappa shape index (κ2) is 9.77. The van der Waals surface area contributed by atoms with Crippen molar-refractivity contribution in [1.29, 1.82) is 5.26 Å². The van der Waals surface area contributed by atoms with Gasteiger partial charge in [-0.15, -0.1) is 10.2 Å². The minimum Gasteiger partial charge on any atom is -0.395 e. The predicted octanol–water partition coefficient (Wildman–Crippen LogP) is 5.64. The number of halogens is 2. The lowest BCUT2D eigenvalue weighted by atomic mass is 10.2. The SMILES string of the molecule is N#CCCN(CCO)c1ccc(N=Nc2nc3c([N+](=O)[O-])c(Cl)c(Cl)cc3s2)cc1. The van der Waals surface area contributed by atoms with Crippen LogP contribution in [0, 0.1) is 21.4 Å². The van der Waals surface area contributed by atoms with Crippen molar-refractivity contribution in [2.45, 2.75) is 6.42 Å². The van der Waals surface area contributed by atoms with Gasteiger partial charge in [0.15, 0.2) is 5.52 Å². The number of nitro groups is 1. The third-order valence-corrected chi connectivity index (χ3v) is 5.72. The Bertz CT molecular complexity index is 1140. The number of aliphatic hydroxyl groups excluding tert-OH is 1. The highest BCUT2D eigenvalue weighted by Gasteiger charge is 2.24. The third kappa shape index (κ3) is 4.83. The van der Waals surface area contributed by atoms with Crippen molar-refractivity contribution in [2.75, 3.05) is 24.6 Å². The largest absolute Gasteiger partial charge is 0.395 e. The van der Waals surface area contributed by atoms with Gasteiger partial charge in [0.05, 0.1) is 39.4 Å². The Labute approximate surface area is 185 Å². The van der Waals surface area contributed by atoms with Gasteiger partial charge in [-0.25, -0.2) is 4.98 Å². The average molecular weight is 465 g/mol. The third-order valence-electron chi connectivity index (χ3n) is 4.05. The Balaban J connectivity index is 1.84. The number of hydrogen-bond acceptors (Lipinski definition) is 9. The van der Waals surface area contributed by atoms with E-state index in [1.807, 2.05) is 17.0 Å². The number of anilines is 1. The highest BCUT2D eigenvalue weighted by Crippen LogP contribution is 2.42. The lowest BCUT2D eigenvalue weighted by molar-refractivity contribution is -0.383. The molecule has 1 heterocycles. The first-order valence-corrected chi connectivity index (χ1v) is 10.2. The smallest absolute Gasteiger partial charge is 0.316 e. The van der Waals surface area contributed by atoms with Crippen LogP contribution in [0.2, 0.25) is 10.0 Å². The number of hydrogen-bond donors (Lipinski definition) is 1. The Morgan fingerprint density at radius 2 is 2.00 bits per heavy atom. The summed E-state index contributed by atoms with van der Waals surface area (Å²) in [5, 5.41) is 37.6. The average Bonchev–Trinajstić information content (AvgIpc) is 3.12. The molecule has 154 valence electrons. The molecule has 0 fully saturated rings. The van der Waals surface area contributed by atoms with Gasteiger partial charge in [0.25, 0.3) is 0 Å². The van der Waals surface area contributed by atoms with Gasteiger partial charge < -0.3 is 10.0 Å².